The largest absolute Gasteiger partial charge is 0.505 e. The third kappa shape index (κ3) is 5.11. The third-order valence-corrected chi connectivity index (χ3v) is 3.91. The van der Waals surface area contributed by atoms with Gasteiger partial charge in [0.15, 0.2) is 23.1 Å². The molecule has 0 saturated carbocycles. The number of nitrogens with two attached hydrogens (primary N) is 1. The number of nitrogens with one attached hydrogen (secondary N) is 1. The number of anilines is 1. The van der Waals surface area contributed by atoms with Crippen molar-refractivity contribution in [1.82, 2.24) is 10.3 Å². The summed E-state index contributed by atoms with van der Waals surface area (Å²) in [5.74, 6) is 4.86. The Kier molecular flexibility index (Phi) is 6.61. The van der Waals surface area contributed by atoms with E-state index in [4.69, 9.17) is 10.5 Å². The number of hydrogen-bond acceptors (Lipinski definition) is 5. The van der Waals surface area contributed by atoms with Crippen molar-refractivity contribution in [1.29, 1.82) is 0 Å². The molecule has 0 aliphatic carbocycles. The minimum atomic E-state index is -0.717. The van der Waals surface area contributed by atoms with Crippen molar-refractivity contribution in [3.05, 3.63) is 46.9 Å². The monoisotopic (exact) mass is 371 g/mol. The molecule has 0 aliphatic rings. The van der Waals surface area contributed by atoms with Crippen molar-refractivity contribution in [2.45, 2.75) is 33.3 Å². The maximum absolute atomic E-state index is 13.7. The first-order valence-corrected chi connectivity index (χ1v) is 8.49. The first kappa shape index (κ1) is 20.0. The number of phenols is 1. The van der Waals surface area contributed by atoms with Crippen LogP contribution in [-0.2, 0) is 4.79 Å². The van der Waals surface area contributed by atoms with Crippen LogP contribution in [0.2, 0.25) is 0 Å². The number of hydrogen-bond donors (Lipinski definition) is 3. The van der Waals surface area contributed by atoms with Crippen molar-refractivity contribution in [2.24, 2.45) is 0 Å². The lowest BCUT2D eigenvalue weighted by molar-refractivity contribution is -0.120. The fourth-order valence-electron chi connectivity index (χ4n) is 2.48. The summed E-state index contributed by atoms with van der Waals surface area (Å²) in [6.45, 7) is 5.41. The molecule has 0 saturated heterocycles. The summed E-state index contributed by atoms with van der Waals surface area (Å²) in [7, 11) is 0. The van der Waals surface area contributed by atoms with E-state index in [2.05, 4.69) is 22.1 Å². The minimum Gasteiger partial charge on any atom is -0.505 e. The standard InChI is InChI=1S/C20H22FN3O3/c1-4-17(25)23-9-5-6-14-10-16(20(22)24-11-14)27-13(3)18-12(2)7-8-15(21)19(18)26/h7-8,10-11,13,26H,4,9H2,1-3H3,(H2,22,24)(H,23,25). The van der Waals surface area contributed by atoms with Gasteiger partial charge < -0.3 is 20.9 Å². The predicted molar refractivity (Wildman–Crippen MR) is 101 cm³/mol. The van der Waals surface area contributed by atoms with Gasteiger partial charge in [0.2, 0.25) is 5.91 Å². The topological polar surface area (TPSA) is 97.5 Å². The number of nitrogens with zero attached hydrogens (tertiary/aromatic N) is 1. The molecule has 6 nitrogen and oxygen atoms in total. The molecule has 1 amide bonds. The molecule has 1 atom stereocenters. The Morgan fingerprint density at radius 3 is 2.93 bits per heavy atom. The fourth-order valence-corrected chi connectivity index (χ4v) is 2.48. The molecule has 27 heavy (non-hydrogen) atoms. The van der Waals surface area contributed by atoms with E-state index in [9.17, 15) is 14.3 Å². The van der Waals surface area contributed by atoms with Crippen LogP contribution in [0.1, 0.15) is 43.1 Å². The van der Waals surface area contributed by atoms with Gasteiger partial charge in [-0.15, -0.1) is 0 Å². The number of halogens is 1. The molecule has 1 aromatic heterocycles. The molecule has 4 N–H and O–H groups in total. The fraction of sp³-hybridized carbons (Fsp3) is 0.300. The Labute approximate surface area is 157 Å². The number of carbonyl (C=O) groups excluding carboxylic acids is 1. The van der Waals surface area contributed by atoms with Gasteiger partial charge in [-0.25, -0.2) is 9.37 Å². The van der Waals surface area contributed by atoms with E-state index in [1.807, 2.05) is 0 Å². The molecule has 0 aliphatic heterocycles. The lowest BCUT2D eigenvalue weighted by Crippen LogP contribution is -2.22. The Balaban J connectivity index is 2.19. The minimum absolute atomic E-state index is 0.0807. The second-order valence-electron chi connectivity index (χ2n) is 5.93. The Morgan fingerprint density at radius 1 is 1.48 bits per heavy atom. The zero-order chi connectivity index (χ0) is 20.0. The summed E-state index contributed by atoms with van der Waals surface area (Å²) in [6.07, 6.45) is 1.23. The van der Waals surface area contributed by atoms with Gasteiger partial charge in [0.25, 0.3) is 0 Å². The Bertz CT molecular complexity index is 903. The summed E-state index contributed by atoms with van der Waals surface area (Å²) in [5.41, 5.74) is 7.44. The molecule has 0 spiro atoms. The smallest absolute Gasteiger partial charge is 0.220 e. The van der Waals surface area contributed by atoms with Gasteiger partial charge in [-0.3, -0.25) is 4.79 Å². The normalized spacial score (nSPS) is 11.3. The zero-order valence-corrected chi connectivity index (χ0v) is 15.5. The highest BCUT2D eigenvalue weighted by atomic mass is 19.1. The van der Waals surface area contributed by atoms with Crippen LogP contribution in [0.25, 0.3) is 0 Å². The lowest BCUT2D eigenvalue weighted by atomic mass is 10.0. The number of rotatable bonds is 5. The molecule has 142 valence electrons. The molecule has 2 aromatic rings. The number of aryl methyl sites for hydroxylation is 1. The molecule has 0 bridgehead atoms. The van der Waals surface area contributed by atoms with Gasteiger partial charge in [-0.1, -0.05) is 24.8 Å². The molecular formula is C20H22FN3O3. The van der Waals surface area contributed by atoms with Crippen LogP contribution < -0.4 is 15.8 Å². The Morgan fingerprint density at radius 2 is 2.22 bits per heavy atom. The van der Waals surface area contributed by atoms with Crippen LogP contribution in [0.15, 0.2) is 24.4 Å². The van der Waals surface area contributed by atoms with Crippen molar-refractivity contribution in [3.63, 3.8) is 0 Å². The molecular weight excluding hydrogens is 349 g/mol. The second kappa shape index (κ2) is 8.90. The van der Waals surface area contributed by atoms with E-state index in [1.54, 1.807) is 32.9 Å². The molecule has 2 rings (SSSR count). The number of aromatic hydroxyl groups is 1. The van der Waals surface area contributed by atoms with Gasteiger partial charge in [0.1, 0.15) is 6.10 Å². The van der Waals surface area contributed by atoms with Crippen LogP contribution in [0, 0.1) is 24.6 Å². The molecule has 0 radical (unpaired) electrons. The van der Waals surface area contributed by atoms with Crippen LogP contribution in [0.4, 0.5) is 10.2 Å². The first-order valence-electron chi connectivity index (χ1n) is 8.49. The summed E-state index contributed by atoms with van der Waals surface area (Å²) < 4.78 is 19.5. The number of aromatic nitrogens is 1. The number of carbonyl (C=O) groups is 1. The number of nitrogen functional groups attached to an aromatic ring is 1. The molecule has 7 heteroatoms. The predicted octanol–water partition coefficient (Wildman–Crippen LogP) is 2.83. The Hall–Kier alpha value is -3.27. The number of amides is 1. The number of benzene rings is 1. The maximum Gasteiger partial charge on any atom is 0.220 e. The van der Waals surface area contributed by atoms with E-state index in [0.717, 1.165) is 0 Å². The molecule has 1 heterocycles. The highest BCUT2D eigenvalue weighted by Crippen LogP contribution is 2.34. The van der Waals surface area contributed by atoms with Crippen molar-refractivity contribution in [2.75, 3.05) is 12.3 Å². The SMILES string of the molecule is CCC(=O)NCC#Cc1cnc(N)c(OC(C)c2c(C)ccc(F)c2O)c1. The lowest BCUT2D eigenvalue weighted by Gasteiger charge is -2.19. The number of phenolic OH excluding ortho intramolecular Hbond substituents is 1. The average Bonchev–Trinajstić information content (AvgIpc) is 2.64. The van der Waals surface area contributed by atoms with Crippen molar-refractivity contribution in [3.8, 4) is 23.3 Å². The maximum atomic E-state index is 13.7. The molecule has 1 aromatic carbocycles. The van der Waals surface area contributed by atoms with Gasteiger partial charge in [-0.2, -0.15) is 0 Å². The van der Waals surface area contributed by atoms with Crippen LogP contribution in [0.5, 0.6) is 11.5 Å². The molecule has 0 fully saturated rings. The first-order chi connectivity index (χ1) is 12.8. The van der Waals surface area contributed by atoms with E-state index in [0.29, 0.717) is 23.1 Å². The average molecular weight is 371 g/mol. The van der Waals surface area contributed by atoms with Gasteiger partial charge in [0.05, 0.1) is 6.54 Å². The van der Waals surface area contributed by atoms with Gasteiger partial charge in [0, 0.05) is 29.8 Å². The summed E-state index contributed by atoms with van der Waals surface area (Å²) >= 11 is 0. The van der Waals surface area contributed by atoms with Crippen LogP contribution in [-0.4, -0.2) is 22.5 Å². The zero-order valence-electron chi connectivity index (χ0n) is 15.5. The summed E-state index contributed by atoms with van der Waals surface area (Å²) in [4.78, 5) is 15.2. The molecule has 1 unspecified atom stereocenters. The van der Waals surface area contributed by atoms with E-state index in [-0.39, 0.29) is 24.0 Å². The summed E-state index contributed by atoms with van der Waals surface area (Å²) in [5, 5.41) is 12.6. The highest BCUT2D eigenvalue weighted by Gasteiger charge is 2.19. The third-order valence-electron chi connectivity index (χ3n) is 3.91. The van der Waals surface area contributed by atoms with E-state index < -0.39 is 17.7 Å². The summed E-state index contributed by atoms with van der Waals surface area (Å²) in [6, 6.07) is 4.38. The quantitative estimate of drug-likeness (QED) is 0.702. The van der Waals surface area contributed by atoms with E-state index >= 15 is 0 Å². The number of pyridine rings is 1. The van der Waals surface area contributed by atoms with Crippen LogP contribution in [0.3, 0.4) is 0 Å². The van der Waals surface area contributed by atoms with Gasteiger partial charge >= 0.3 is 0 Å². The van der Waals surface area contributed by atoms with Gasteiger partial charge in [-0.05, 0) is 25.5 Å². The number of ether oxygens (including phenoxy) is 1. The van der Waals surface area contributed by atoms with Crippen molar-refractivity contribution < 1.29 is 19.0 Å². The second-order valence-corrected chi connectivity index (χ2v) is 5.93. The van der Waals surface area contributed by atoms with Crippen LogP contribution >= 0.6 is 0 Å². The van der Waals surface area contributed by atoms with E-state index in [1.165, 1.54) is 12.3 Å². The van der Waals surface area contributed by atoms with Crippen molar-refractivity contribution >= 4 is 11.7 Å². The highest BCUT2D eigenvalue weighted by molar-refractivity contribution is 5.75.